The van der Waals surface area contributed by atoms with Gasteiger partial charge in [0.1, 0.15) is 70.6 Å². The molecular weight excluding hydrogens is 1840 g/mol. The molecule has 762 valence electrons. The Kier molecular flexibility index (Phi) is 43.5. The molecule has 38 nitrogen and oxygen atoms in total. The van der Waals surface area contributed by atoms with Crippen LogP contribution in [-0.4, -0.2) is 284 Å². The van der Waals surface area contributed by atoms with Gasteiger partial charge in [-0.1, -0.05) is 81.8 Å². The van der Waals surface area contributed by atoms with E-state index >= 15 is 8.78 Å². The molecule has 6 fully saturated rings. The lowest BCUT2D eigenvalue weighted by atomic mass is 9.73. The van der Waals surface area contributed by atoms with Crippen molar-refractivity contribution in [2.24, 2.45) is 61.8 Å². The monoisotopic (exact) mass is 1980 g/mol. The van der Waals surface area contributed by atoms with E-state index in [1.807, 2.05) is 77.0 Å². The maximum atomic E-state index is 17.1. The van der Waals surface area contributed by atoms with Crippen LogP contribution in [0.5, 0.6) is 0 Å². The number of alkyl halides is 2. The maximum absolute atomic E-state index is 17.1. The van der Waals surface area contributed by atoms with Gasteiger partial charge in [0, 0.05) is 96.1 Å². The number of cyclic esters (lactones) is 2. The highest BCUT2D eigenvalue weighted by Gasteiger charge is 2.61. The molecule has 0 unspecified atom stereocenters. The number of aliphatic hydroxyl groups is 2. The number of hydrogen-bond donors (Lipinski definition) is 6. The summed E-state index contributed by atoms with van der Waals surface area (Å²) in [4.78, 5) is 161. The van der Waals surface area contributed by atoms with Crippen molar-refractivity contribution in [1.82, 2.24) is 29.7 Å². The van der Waals surface area contributed by atoms with Crippen LogP contribution in [0.1, 0.15) is 209 Å². The van der Waals surface area contributed by atoms with Crippen LogP contribution >= 0.6 is 34.5 Å². The van der Waals surface area contributed by atoms with Crippen molar-refractivity contribution >= 4 is 116 Å². The smallest absolute Gasteiger partial charge is 0.351 e. The highest BCUT2D eigenvalue weighted by Crippen LogP contribution is 2.46. The fraction of sp³-hybridized carbons (Fsp3) is 0.699. The maximum Gasteiger partial charge on any atom is 0.351 e. The van der Waals surface area contributed by atoms with Crippen molar-refractivity contribution in [2.45, 2.75) is 330 Å². The van der Waals surface area contributed by atoms with Crippen LogP contribution in [0.15, 0.2) is 62.6 Å². The first kappa shape index (κ1) is 116. The van der Waals surface area contributed by atoms with Crippen molar-refractivity contribution in [3.8, 4) is 21.1 Å². The molecule has 0 saturated carbocycles. The average molecular weight is 1980 g/mol. The van der Waals surface area contributed by atoms with Gasteiger partial charge in [0.2, 0.25) is 11.8 Å². The predicted molar refractivity (Wildman–Crippen MR) is 505 cm³/mol. The molecule has 0 spiro atoms. The van der Waals surface area contributed by atoms with Crippen LogP contribution in [0, 0.1) is 35.5 Å². The molecule has 6 aliphatic rings. The quantitative estimate of drug-likeness (QED) is 0.0167. The Bertz CT molecular complexity index is 4760. The van der Waals surface area contributed by atoms with Gasteiger partial charge in [-0.25, -0.2) is 49.5 Å². The Balaban J connectivity index is 0.000000359. The fourth-order valence-electron chi connectivity index (χ4n) is 18.2. The summed E-state index contributed by atoms with van der Waals surface area (Å²) in [5.41, 5.74) is 1.29. The van der Waals surface area contributed by atoms with Crippen molar-refractivity contribution in [2.75, 3.05) is 66.1 Å². The molecular formula is C93H142ClF2N13O25S2. The number of likely N-dealkylation sites (N-methyl/N-ethyl adjacent to an activating group) is 2. The summed E-state index contributed by atoms with van der Waals surface area (Å²) >= 11 is 7.02. The number of ether oxygens (including phenoxy) is 12. The van der Waals surface area contributed by atoms with Gasteiger partial charge in [-0.15, -0.1) is 22.7 Å². The molecule has 6 saturated heterocycles. The zero-order valence-corrected chi connectivity index (χ0v) is 84.0. The predicted octanol–water partition coefficient (Wildman–Crippen LogP) is 10.4. The minimum atomic E-state index is -3.26. The molecule has 4 aromatic rings. The standard InChI is InChI=1S/C46H67FN6O12S.C37H59FN2O12.C9H10N4OS.CH4.ClH2N/c1-13-33-46(10,58)40-26(5)36(51-35(55)14-2)24(3)18-44(8,60-21-31(20-59-40)52-61-22-30-16-15-29(19-49-30)41-50-34(48)23-66-41)39(27(6)38(56)45(9,47)43(57)64-33)65-42-37(63-28(7)54)32(53(11)12)17-25(4)62-42;1-13-26-37(10,46)32-21(5)28(39-27(43)14-2)19(3)16-35(8,48-18-24(42)17-47-32)31(22(6)30(44)36(9,38)34(45)51-26)52-33-29(50-23(7)41)25(40(11)12)15-20(4)49-33;10-8-5-15-9(13-8)6-1-2-7(4-14-11)12-3-6;;1-2/h15-16,19,23-27,32-33,37,39-40,42,58H,13-14,17-18,20-22,48H2,1-12H3;19-22,25-26,29,31-33,46H,13-18H2,1-12H3;1-3,5H,4,10-11H2;1H4;2H2/t24-,25-,26+,27+,32+,33-,37-,39-,40-,42+,44-,45+,46-;19-,20-,21+,22+,25+,26-,29-,31-,32-,33+,35-,36+,37-;;;/m11.../s1. The number of carbonyl (C=O) groups excluding carboxylic acids is 9. The molecule has 6 aliphatic heterocycles. The molecule has 10 heterocycles. The zero-order chi connectivity index (χ0) is 101. The lowest BCUT2D eigenvalue weighted by molar-refractivity contribution is -0.299. The number of halogens is 3. The van der Waals surface area contributed by atoms with Crippen LogP contribution in [0.25, 0.3) is 21.1 Å². The first-order valence-electron chi connectivity index (χ1n) is 45.1. The summed E-state index contributed by atoms with van der Waals surface area (Å²) in [5, 5.41) is 38.1. The number of amides is 2. The number of fused-ring (bicyclic) bond motifs is 10. The Hall–Kier alpha value is -8.25. The number of pyridine rings is 2. The summed E-state index contributed by atoms with van der Waals surface area (Å²) in [6.07, 6.45) is -9.49. The van der Waals surface area contributed by atoms with Gasteiger partial charge in [-0.3, -0.25) is 48.4 Å². The number of carbonyl (C=O) groups is 9. The minimum Gasteiger partial charge on any atom is -0.457 e. The van der Waals surface area contributed by atoms with Gasteiger partial charge < -0.3 is 93.2 Å². The summed E-state index contributed by atoms with van der Waals surface area (Å²) in [6.45, 7) is 28.6. The number of hydrogen-bond acceptors (Lipinski definition) is 38. The van der Waals surface area contributed by atoms with E-state index in [0.717, 1.165) is 35.7 Å². The second-order valence-electron chi connectivity index (χ2n) is 36.8. The third-order valence-corrected chi connectivity index (χ3v) is 27.0. The number of rotatable bonds is 19. The first-order chi connectivity index (χ1) is 63.2. The van der Waals surface area contributed by atoms with Crippen molar-refractivity contribution in [1.29, 1.82) is 0 Å². The molecule has 0 aromatic carbocycles. The van der Waals surface area contributed by atoms with Crippen LogP contribution in [0.3, 0.4) is 0 Å². The Morgan fingerprint density at radius 2 is 0.956 bits per heavy atom. The van der Waals surface area contributed by atoms with Gasteiger partial charge in [-0.2, -0.15) is 0 Å². The summed E-state index contributed by atoms with van der Waals surface area (Å²) < 4.78 is 109. The highest BCUT2D eigenvalue weighted by atomic mass is 35.5. The Morgan fingerprint density at radius 1 is 0.574 bits per heavy atom. The largest absolute Gasteiger partial charge is 0.457 e. The van der Waals surface area contributed by atoms with Crippen molar-refractivity contribution < 1.29 is 129 Å². The molecule has 136 heavy (non-hydrogen) atoms. The second-order valence-corrected chi connectivity index (χ2v) is 38.5. The Labute approximate surface area is 808 Å². The van der Waals surface area contributed by atoms with Crippen LogP contribution in [-0.2, 0) is 123 Å². The van der Waals surface area contributed by atoms with Gasteiger partial charge in [0.25, 0.3) is 11.3 Å². The molecule has 4 aromatic heterocycles. The number of ketones is 3. The lowest BCUT2D eigenvalue weighted by Gasteiger charge is -2.48. The van der Waals surface area contributed by atoms with Crippen LogP contribution in [0.4, 0.5) is 20.4 Å². The number of nitrogens with zero attached hydrogens (tertiary/aromatic N) is 9. The Morgan fingerprint density at radius 3 is 1.29 bits per heavy atom. The minimum absolute atomic E-state index is 0. The topological polar surface area (TPSA) is 523 Å². The molecule has 26 atom stereocenters. The molecule has 2 amide bonds. The number of Topliss-reactive ketones (excluding diaryl/α,β-unsaturated/α-hetero) is 3. The summed E-state index contributed by atoms with van der Waals surface area (Å²) in [7, 11) is 7.26. The van der Waals surface area contributed by atoms with Gasteiger partial charge in [0.15, 0.2) is 48.7 Å². The number of aromatic nitrogens is 4. The number of nitrogens with two attached hydrogens (primary N) is 4. The van der Waals surface area contributed by atoms with E-state index in [4.69, 9.17) is 79.0 Å². The highest BCUT2D eigenvalue weighted by molar-refractivity contribution is 7.13. The average Bonchev–Trinajstić information content (AvgIpc) is 1.06. The van der Waals surface area contributed by atoms with E-state index in [9.17, 15) is 53.4 Å². The molecule has 4 bridgehead atoms. The molecule has 0 radical (unpaired) electrons. The number of esters is 4. The SMILES string of the molecule is C.CCC(=O)N=C1[C@H](C)C[C@@]2(C)OCC(=NOCc3ccc(-c4nc(N)cs4)cn3)CO[C@H]([C@H]1C)[C@](C)(O)[C@@H](CC)OC(=O)[C@@](C)(F)C(=O)[C@H](C)[C@H]2O[C@@H]1O[C@H](C)C[C@H](N(C)C)[C@H]1OC(C)=O.CCC(=O)N=C1[C@H](C)C[C@@]2(C)OCC(=O)CO[C@H]([C@H]1C)[C@](C)(O)[C@@H](CC)OC(=O)[C@@](C)(F)C(=O)[C@H](C)[C@H]2O[C@@H]1O[C@H](C)C[C@H](N(C)C)[C@H]1OC(C)=O.NCl.NOCc1ccc(-c2nc(N)cs2)cn1. The van der Waals surface area contributed by atoms with Crippen molar-refractivity contribution in [3.63, 3.8) is 0 Å². The third-order valence-electron chi connectivity index (χ3n) is 25.2. The van der Waals surface area contributed by atoms with E-state index in [1.54, 1.807) is 91.5 Å². The van der Waals surface area contributed by atoms with E-state index < -0.39 is 221 Å². The molecule has 10 rings (SSSR count). The zero-order valence-electron chi connectivity index (χ0n) is 81.6. The van der Waals surface area contributed by atoms with E-state index in [2.05, 4.69) is 56.9 Å². The van der Waals surface area contributed by atoms with Crippen LogP contribution in [0.2, 0.25) is 0 Å². The van der Waals surface area contributed by atoms with E-state index in [1.165, 1.54) is 64.2 Å². The summed E-state index contributed by atoms with van der Waals surface area (Å²) in [5.74, 6) is -8.22. The van der Waals surface area contributed by atoms with E-state index in [-0.39, 0.29) is 71.5 Å². The lowest BCUT2D eigenvalue weighted by Crippen LogP contribution is -2.62. The van der Waals surface area contributed by atoms with E-state index in [0.29, 0.717) is 53.2 Å². The molecule has 0 aliphatic carbocycles. The van der Waals surface area contributed by atoms with Gasteiger partial charge in [0.05, 0.1) is 84.5 Å². The second kappa shape index (κ2) is 50.7. The number of nitrogen functional groups attached to an aromatic ring is 2. The molecule has 43 heteroatoms. The third kappa shape index (κ3) is 29.2. The van der Waals surface area contributed by atoms with Crippen molar-refractivity contribution in [3.05, 3.63) is 58.8 Å². The number of oxime groups is 1. The van der Waals surface area contributed by atoms with Crippen LogP contribution < -0.4 is 22.6 Å². The molecule has 10 N–H and O–H groups in total. The number of anilines is 2. The summed E-state index contributed by atoms with van der Waals surface area (Å²) in [6, 6.07) is 6.55. The van der Waals surface area contributed by atoms with Gasteiger partial charge >= 0.3 is 23.9 Å². The van der Waals surface area contributed by atoms with Gasteiger partial charge in [-0.05, 0) is 170 Å². The first-order valence-corrected chi connectivity index (χ1v) is 47.3. The fourth-order valence-corrected chi connectivity index (χ4v) is 19.6. The number of thiazole rings is 2. The number of aliphatic imine (C=N–C) groups is 2. The normalized spacial score (nSPS) is 34.9.